The molecule has 98 valence electrons. The summed E-state index contributed by atoms with van der Waals surface area (Å²) in [6, 6.07) is 2.25. The Labute approximate surface area is 111 Å². The second kappa shape index (κ2) is 5.74. The van der Waals surface area contributed by atoms with E-state index in [2.05, 4.69) is 26.1 Å². The maximum atomic E-state index is 11.2. The highest BCUT2D eigenvalue weighted by Crippen LogP contribution is 2.35. The smallest absolute Gasteiger partial charge is 0.261 e. The molecule has 0 aromatic carbocycles. The summed E-state index contributed by atoms with van der Waals surface area (Å²) in [5.74, 6) is -0.179. The van der Waals surface area contributed by atoms with E-state index in [1.165, 1.54) is 0 Å². The fraction of sp³-hybridized carbons (Fsp3) is 0.500. The molecule has 0 radical (unpaired) electrons. The SMILES string of the molecule is CCC(Nc1sc(C(N)=O)c(N)c1C#N)C(C)C. The second-order valence-corrected chi connectivity index (χ2v) is 5.45. The van der Waals surface area contributed by atoms with Crippen LogP contribution in [0.4, 0.5) is 10.7 Å². The van der Waals surface area contributed by atoms with Gasteiger partial charge in [-0.2, -0.15) is 5.26 Å². The molecule has 0 spiro atoms. The fourth-order valence-electron chi connectivity index (χ4n) is 1.75. The predicted octanol–water partition coefficient (Wildman–Crippen LogP) is 2.15. The van der Waals surface area contributed by atoms with E-state index < -0.39 is 5.91 Å². The minimum absolute atomic E-state index is 0.177. The fourth-order valence-corrected chi connectivity index (χ4v) is 2.73. The summed E-state index contributed by atoms with van der Waals surface area (Å²) in [7, 11) is 0. The first-order chi connectivity index (χ1) is 8.42. The third-order valence-electron chi connectivity index (χ3n) is 2.84. The zero-order valence-corrected chi connectivity index (χ0v) is 11.6. The molecule has 1 amide bonds. The van der Waals surface area contributed by atoms with Crippen molar-refractivity contribution in [1.82, 2.24) is 0 Å². The zero-order chi connectivity index (χ0) is 13.9. The Hall–Kier alpha value is -1.74. The molecule has 0 saturated carbocycles. The first kappa shape index (κ1) is 14.3. The molecule has 1 unspecified atom stereocenters. The summed E-state index contributed by atoms with van der Waals surface area (Å²) in [4.78, 5) is 11.5. The van der Waals surface area contributed by atoms with Crippen molar-refractivity contribution in [1.29, 1.82) is 5.26 Å². The molecule has 1 atom stereocenters. The molecule has 1 aromatic rings. The number of nitrogen functional groups attached to an aromatic ring is 1. The zero-order valence-electron chi connectivity index (χ0n) is 10.8. The molecule has 0 aliphatic carbocycles. The number of hydrogen-bond acceptors (Lipinski definition) is 5. The number of nitrogens with zero attached hydrogens (tertiary/aromatic N) is 1. The van der Waals surface area contributed by atoms with E-state index in [1.54, 1.807) is 0 Å². The Morgan fingerprint density at radius 2 is 2.17 bits per heavy atom. The van der Waals surface area contributed by atoms with Gasteiger partial charge in [0.05, 0.1) is 5.69 Å². The van der Waals surface area contributed by atoms with Crippen LogP contribution >= 0.6 is 11.3 Å². The Morgan fingerprint density at radius 1 is 1.56 bits per heavy atom. The molecule has 0 fully saturated rings. The molecular formula is C12H18N4OS. The maximum Gasteiger partial charge on any atom is 0.261 e. The standard InChI is InChI=1S/C12H18N4OS/c1-4-8(6(2)3)16-12-7(5-13)9(14)10(18-12)11(15)17/h6,8,16H,4,14H2,1-3H3,(H2,15,17). The van der Waals surface area contributed by atoms with Crippen molar-refractivity contribution in [3.63, 3.8) is 0 Å². The van der Waals surface area contributed by atoms with Gasteiger partial charge in [-0.15, -0.1) is 11.3 Å². The average Bonchev–Trinajstić information content (AvgIpc) is 2.62. The largest absolute Gasteiger partial charge is 0.396 e. The lowest BCUT2D eigenvalue weighted by Crippen LogP contribution is -2.24. The van der Waals surface area contributed by atoms with Gasteiger partial charge >= 0.3 is 0 Å². The van der Waals surface area contributed by atoms with E-state index in [9.17, 15) is 4.79 Å². The van der Waals surface area contributed by atoms with Gasteiger partial charge in [-0.3, -0.25) is 4.79 Å². The van der Waals surface area contributed by atoms with Crippen LogP contribution in [0, 0.1) is 17.2 Å². The molecule has 1 rings (SSSR count). The van der Waals surface area contributed by atoms with Crippen molar-refractivity contribution in [2.24, 2.45) is 11.7 Å². The van der Waals surface area contributed by atoms with Gasteiger partial charge in [0.25, 0.3) is 5.91 Å². The van der Waals surface area contributed by atoms with Crippen LogP contribution < -0.4 is 16.8 Å². The number of nitrogens with two attached hydrogens (primary N) is 2. The molecule has 0 aliphatic heterocycles. The quantitative estimate of drug-likeness (QED) is 0.759. The number of nitriles is 1. The molecule has 0 aliphatic rings. The van der Waals surface area contributed by atoms with Crippen LogP contribution in [0.2, 0.25) is 0 Å². The van der Waals surface area contributed by atoms with Crippen LogP contribution in [0.25, 0.3) is 0 Å². The molecule has 5 nitrogen and oxygen atoms in total. The van der Waals surface area contributed by atoms with Crippen LogP contribution in [0.15, 0.2) is 0 Å². The number of carbonyl (C=O) groups is 1. The van der Waals surface area contributed by atoms with Crippen LogP contribution in [0.5, 0.6) is 0 Å². The lowest BCUT2D eigenvalue weighted by Gasteiger charge is -2.21. The highest BCUT2D eigenvalue weighted by molar-refractivity contribution is 7.18. The van der Waals surface area contributed by atoms with Gasteiger partial charge in [-0.05, 0) is 12.3 Å². The summed E-state index contributed by atoms with van der Waals surface area (Å²) >= 11 is 1.15. The molecule has 18 heavy (non-hydrogen) atoms. The molecule has 5 N–H and O–H groups in total. The third-order valence-corrected chi connectivity index (χ3v) is 3.99. The number of carbonyl (C=O) groups excluding carboxylic acids is 1. The molecule has 6 heteroatoms. The third kappa shape index (κ3) is 2.74. The van der Waals surface area contributed by atoms with Crippen molar-refractivity contribution in [3.05, 3.63) is 10.4 Å². The molecular weight excluding hydrogens is 248 g/mol. The van der Waals surface area contributed by atoms with E-state index in [0.717, 1.165) is 17.8 Å². The van der Waals surface area contributed by atoms with Gasteiger partial charge in [-0.25, -0.2) is 0 Å². The monoisotopic (exact) mass is 266 g/mol. The minimum Gasteiger partial charge on any atom is -0.396 e. The first-order valence-corrected chi connectivity index (χ1v) is 6.62. The number of nitrogens with one attached hydrogen (secondary N) is 1. The van der Waals surface area contributed by atoms with Crippen LogP contribution in [-0.2, 0) is 0 Å². The lowest BCUT2D eigenvalue weighted by molar-refractivity contribution is 0.100. The summed E-state index contributed by atoms with van der Waals surface area (Å²) < 4.78 is 0. The van der Waals surface area contributed by atoms with Crippen molar-refractivity contribution in [2.75, 3.05) is 11.1 Å². The average molecular weight is 266 g/mol. The van der Waals surface area contributed by atoms with Crippen LogP contribution in [0.3, 0.4) is 0 Å². The second-order valence-electron chi connectivity index (χ2n) is 4.43. The van der Waals surface area contributed by atoms with Crippen LogP contribution in [0.1, 0.15) is 42.4 Å². The Morgan fingerprint density at radius 3 is 2.56 bits per heavy atom. The molecule has 1 heterocycles. The topological polar surface area (TPSA) is 105 Å². The number of primary amides is 1. The first-order valence-electron chi connectivity index (χ1n) is 5.81. The number of hydrogen-bond donors (Lipinski definition) is 3. The summed E-state index contributed by atoms with van der Waals surface area (Å²) in [6.45, 7) is 6.26. The van der Waals surface area contributed by atoms with Gasteiger partial charge in [-0.1, -0.05) is 20.8 Å². The highest BCUT2D eigenvalue weighted by atomic mass is 32.1. The Bertz CT molecular complexity index is 487. The van der Waals surface area contributed by atoms with Crippen molar-refractivity contribution in [3.8, 4) is 6.07 Å². The van der Waals surface area contributed by atoms with E-state index >= 15 is 0 Å². The number of rotatable bonds is 5. The van der Waals surface area contributed by atoms with Crippen molar-refractivity contribution < 1.29 is 4.79 Å². The lowest BCUT2D eigenvalue weighted by atomic mass is 10.0. The van der Waals surface area contributed by atoms with Crippen molar-refractivity contribution in [2.45, 2.75) is 33.2 Å². The van der Waals surface area contributed by atoms with Crippen molar-refractivity contribution >= 4 is 27.9 Å². The van der Waals surface area contributed by atoms with Crippen LogP contribution in [-0.4, -0.2) is 11.9 Å². The Kier molecular flexibility index (Phi) is 4.56. The number of amides is 1. The molecule has 1 aromatic heterocycles. The predicted molar refractivity (Wildman–Crippen MR) is 74.5 cm³/mol. The van der Waals surface area contributed by atoms with Gasteiger partial charge in [0, 0.05) is 6.04 Å². The molecule has 0 saturated heterocycles. The summed E-state index contributed by atoms with van der Waals surface area (Å²) in [5.41, 5.74) is 11.5. The van der Waals surface area contributed by atoms with E-state index in [1.807, 2.05) is 6.07 Å². The van der Waals surface area contributed by atoms with Gasteiger partial charge in [0.2, 0.25) is 0 Å². The Balaban J connectivity index is 3.13. The normalized spacial score (nSPS) is 12.2. The maximum absolute atomic E-state index is 11.2. The molecule has 0 bridgehead atoms. The highest BCUT2D eigenvalue weighted by Gasteiger charge is 2.21. The van der Waals surface area contributed by atoms with Gasteiger partial charge in [0.15, 0.2) is 0 Å². The minimum atomic E-state index is -0.598. The summed E-state index contributed by atoms with van der Waals surface area (Å²) in [6.07, 6.45) is 0.923. The van der Waals surface area contributed by atoms with E-state index in [0.29, 0.717) is 16.5 Å². The summed E-state index contributed by atoms with van der Waals surface area (Å²) in [5, 5.41) is 13.0. The van der Waals surface area contributed by atoms with E-state index in [-0.39, 0.29) is 16.6 Å². The van der Waals surface area contributed by atoms with E-state index in [4.69, 9.17) is 16.7 Å². The number of thiophene rings is 1. The number of anilines is 2. The van der Waals surface area contributed by atoms with Gasteiger partial charge in [0.1, 0.15) is 21.5 Å². The van der Waals surface area contributed by atoms with Gasteiger partial charge < -0.3 is 16.8 Å².